The number of nitrogens with zero attached hydrogens (tertiary/aromatic N) is 3. The van der Waals surface area contributed by atoms with Crippen LogP contribution in [0.25, 0.3) is 0 Å². The summed E-state index contributed by atoms with van der Waals surface area (Å²) in [5, 5.41) is 7.94. The molecule has 0 spiro atoms. The number of anilines is 1. The van der Waals surface area contributed by atoms with Crippen molar-refractivity contribution in [1.82, 2.24) is 25.6 Å². The maximum absolute atomic E-state index is 11.2. The molecule has 4 N–H and O–H groups in total. The molecule has 2 amide bonds. The Kier molecular flexibility index (Phi) is 4.11. The lowest BCUT2D eigenvalue weighted by Gasteiger charge is -2.04. The molecule has 1 heterocycles. The van der Waals surface area contributed by atoms with Gasteiger partial charge in [0.2, 0.25) is 17.8 Å². The third-order valence-corrected chi connectivity index (χ3v) is 2.60. The molecule has 9 heteroatoms. The molecule has 0 saturated carbocycles. The summed E-state index contributed by atoms with van der Waals surface area (Å²) < 4.78 is 1.57. The minimum atomic E-state index is -0.332. The monoisotopic (exact) mass is 244 g/mol. The van der Waals surface area contributed by atoms with Crippen molar-refractivity contribution in [2.45, 2.75) is 12.1 Å². The number of carbonyl (C=O) groups excluding carboxylic acids is 2. The molecule has 0 fully saturated rings. The summed E-state index contributed by atoms with van der Waals surface area (Å²) >= 11 is 1.17. The first kappa shape index (κ1) is 12.3. The van der Waals surface area contributed by atoms with Crippen LogP contribution < -0.4 is 16.6 Å². The molecule has 16 heavy (non-hydrogen) atoms. The summed E-state index contributed by atoms with van der Waals surface area (Å²) in [6.45, 7) is 1.30. The van der Waals surface area contributed by atoms with Crippen molar-refractivity contribution >= 4 is 29.5 Å². The summed E-state index contributed by atoms with van der Waals surface area (Å²) in [7, 11) is 1.70. The normalized spacial score (nSPS) is 9.88. The number of rotatable bonds is 3. The highest BCUT2D eigenvalue weighted by Gasteiger charge is 2.09. The maximum Gasteiger partial charge on any atom is 0.248 e. The molecule has 0 aliphatic rings. The van der Waals surface area contributed by atoms with Gasteiger partial charge in [-0.05, 0) is 0 Å². The molecule has 0 bridgehead atoms. The van der Waals surface area contributed by atoms with Gasteiger partial charge in [-0.25, -0.2) is 0 Å². The van der Waals surface area contributed by atoms with E-state index < -0.39 is 0 Å². The molecule has 0 saturated heterocycles. The van der Waals surface area contributed by atoms with Crippen molar-refractivity contribution in [2.75, 3.05) is 11.5 Å². The van der Waals surface area contributed by atoms with Crippen molar-refractivity contribution in [2.24, 2.45) is 7.05 Å². The third-order valence-electron chi connectivity index (χ3n) is 1.58. The van der Waals surface area contributed by atoms with Crippen LogP contribution in [0.4, 0.5) is 5.95 Å². The number of nitrogen functional groups attached to an aromatic ring is 1. The van der Waals surface area contributed by atoms with Crippen molar-refractivity contribution in [3.05, 3.63) is 0 Å². The predicted octanol–water partition coefficient (Wildman–Crippen LogP) is -1.34. The van der Waals surface area contributed by atoms with E-state index in [1.807, 2.05) is 0 Å². The van der Waals surface area contributed by atoms with E-state index in [1.54, 1.807) is 11.6 Å². The van der Waals surface area contributed by atoms with Crippen LogP contribution in [-0.4, -0.2) is 32.3 Å². The van der Waals surface area contributed by atoms with E-state index in [0.29, 0.717) is 5.16 Å². The zero-order chi connectivity index (χ0) is 12.1. The maximum atomic E-state index is 11.2. The van der Waals surface area contributed by atoms with E-state index in [-0.39, 0.29) is 23.5 Å². The largest absolute Gasteiger partial charge is 0.368 e. The smallest absolute Gasteiger partial charge is 0.248 e. The predicted molar refractivity (Wildman–Crippen MR) is 58.1 cm³/mol. The summed E-state index contributed by atoms with van der Waals surface area (Å²) in [4.78, 5) is 21.7. The quantitative estimate of drug-likeness (QED) is 0.447. The first-order valence-corrected chi connectivity index (χ1v) is 5.32. The summed E-state index contributed by atoms with van der Waals surface area (Å²) in [5.74, 6) is -0.264. The summed E-state index contributed by atoms with van der Waals surface area (Å²) in [5.41, 5.74) is 9.88. The highest BCUT2D eigenvalue weighted by Crippen LogP contribution is 2.15. The molecule has 0 aromatic carbocycles. The second kappa shape index (κ2) is 5.35. The van der Waals surface area contributed by atoms with Gasteiger partial charge >= 0.3 is 0 Å². The fraction of sp³-hybridized carbons (Fsp3) is 0.429. The Bertz CT molecular complexity index is 404. The van der Waals surface area contributed by atoms with Crippen molar-refractivity contribution in [1.29, 1.82) is 0 Å². The van der Waals surface area contributed by atoms with Crippen LogP contribution in [0, 0.1) is 0 Å². The van der Waals surface area contributed by atoms with Crippen LogP contribution in [0.1, 0.15) is 6.92 Å². The number of nitrogens with one attached hydrogen (secondary N) is 2. The van der Waals surface area contributed by atoms with Gasteiger partial charge in [-0.3, -0.25) is 25.0 Å². The van der Waals surface area contributed by atoms with Crippen molar-refractivity contribution in [3.8, 4) is 0 Å². The Balaban J connectivity index is 2.37. The summed E-state index contributed by atoms with van der Waals surface area (Å²) in [6.07, 6.45) is 0. The second-order valence-electron chi connectivity index (χ2n) is 2.92. The van der Waals surface area contributed by atoms with E-state index in [1.165, 1.54) is 18.7 Å². The molecule has 0 aliphatic heterocycles. The van der Waals surface area contributed by atoms with Crippen LogP contribution >= 0.6 is 11.8 Å². The van der Waals surface area contributed by atoms with Gasteiger partial charge in [0, 0.05) is 14.0 Å². The number of aromatic nitrogens is 3. The molecule has 1 aromatic heterocycles. The van der Waals surface area contributed by atoms with Gasteiger partial charge in [0.05, 0.1) is 5.75 Å². The van der Waals surface area contributed by atoms with Crippen molar-refractivity contribution in [3.63, 3.8) is 0 Å². The molecule has 8 nitrogen and oxygen atoms in total. The SMILES string of the molecule is CC(=O)NNC(=O)CSc1nnc(N)n1C. The number of thioether (sulfide) groups is 1. The Morgan fingerprint density at radius 2 is 2.12 bits per heavy atom. The molecule has 0 radical (unpaired) electrons. The van der Waals surface area contributed by atoms with Crippen LogP contribution in [0.5, 0.6) is 0 Å². The number of hydrazine groups is 1. The Labute approximate surface area is 95.9 Å². The van der Waals surface area contributed by atoms with Crippen molar-refractivity contribution < 1.29 is 9.59 Å². The fourth-order valence-corrected chi connectivity index (χ4v) is 1.49. The van der Waals surface area contributed by atoms with Gasteiger partial charge in [-0.1, -0.05) is 11.8 Å². The molecular weight excluding hydrogens is 232 g/mol. The van der Waals surface area contributed by atoms with E-state index in [9.17, 15) is 9.59 Å². The lowest BCUT2D eigenvalue weighted by molar-refractivity contribution is -0.126. The molecule has 0 atom stereocenters. The molecule has 0 aliphatic carbocycles. The van der Waals surface area contributed by atoms with Crippen LogP contribution in [0.2, 0.25) is 0 Å². The molecular formula is C7H12N6O2S. The highest BCUT2D eigenvalue weighted by molar-refractivity contribution is 7.99. The third kappa shape index (κ3) is 3.42. The topological polar surface area (TPSA) is 115 Å². The lowest BCUT2D eigenvalue weighted by atomic mass is 10.7. The van der Waals surface area contributed by atoms with Crippen LogP contribution in [-0.2, 0) is 16.6 Å². The highest BCUT2D eigenvalue weighted by atomic mass is 32.2. The minimum Gasteiger partial charge on any atom is -0.368 e. The molecule has 1 rings (SSSR count). The average Bonchev–Trinajstić information content (AvgIpc) is 2.54. The van der Waals surface area contributed by atoms with Gasteiger partial charge in [-0.15, -0.1) is 10.2 Å². The van der Waals surface area contributed by atoms with Gasteiger partial charge in [0.1, 0.15) is 0 Å². The fourth-order valence-electron chi connectivity index (χ4n) is 0.776. The van der Waals surface area contributed by atoms with E-state index in [4.69, 9.17) is 5.73 Å². The zero-order valence-electron chi connectivity index (χ0n) is 8.85. The van der Waals surface area contributed by atoms with E-state index >= 15 is 0 Å². The van der Waals surface area contributed by atoms with Gasteiger partial charge in [-0.2, -0.15) is 0 Å². The molecule has 88 valence electrons. The minimum absolute atomic E-state index is 0.117. The van der Waals surface area contributed by atoms with Crippen LogP contribution in [0.3, 0.4) is 0 Å². The van der Waals surface area contributed by atoms with E-state index in [2.05, 4.69) is 21.0 Å². The Morgan fingerprint density at radius 3 is 2.62 bits per heavy atom. The van der Waals surface area contributed by atoms with E-state index in [0.717, 1.165) is 0 Å². The zero-order valence-corrected chi connectivity index (χ0v) is 9.67. The van der Waals surface area contributed by atoms with Gasteiger partial charge in [0.25, 0.3) is 0 Å². The first-order chi connectivity index (χ1) is 7.50. The van der Waals surface area contributed by atoms with Crippen LogP contribution in [0.15, 0.2) is 5.16 Å². The number of amides is 2. The van der Waals surface area contributed by atoms with Gasteiger partial charge < -0.3 is 5.73 Å². The number of hydrogen-bond donors (Lipinski definition) is 3. The molecule has 1 aromatic rings. The number of carbonyl (C=O) groups is 2. The Hall–Kier alpha value is -1.77. The Morgan fingerprint density at radius 1 is 1.44 bits per heavy atom. The molecule has 0 unspecified atom stereocenters. The second-order valence-corrected chi connectivity index (χ2v) is 3.86. The lowest BCUT2D eigenvalue weighted by Crippen LogP contribution is -2.41. The first-order valence-electron chi connectivity index (χ1n) is 4.33. The standard InChI is InChI=1S/C7H12N6O2S/c1-4(14)9-10-5(15)3-16-7-12-11-6(8)13(7)2/h3H2,1-2H3,(H2,8,11)(H,9,14)(H,10,15). The number of hydrogen-bond acceptors (Lipinski definition) is 6. The average molecular weight is 244 g/mol. The van der Waals surface area contributed by atoms with Gasteiger partial charge in [0.15, 0.2) is 5.16 Å². The summed E-state index contributed by atoms with van der Waals surface area (Å²) in [6, 6.07) is 0. The number of nitrogens with two attached hydrogens (primary N) is 1.